The van der Waals surface area contributed by atoms with E-state index < -0.39 is 0 Å². The molecule has 16 heavy (non-hydrogen) atoms. The minimum Gasteiger partial charge on any atom is -0.310 e. The first kappa shape index (κ1) is 10.9. The Morgan fingerprint density at radius 2 is 2.12 bits per heavy atom. The van der Waals surface area contributed by atoms with E-state index in [0.717, 1.165) is 12.2 Å². The highest BCUT2D eigenvalue weighted by Gasteiger charge is 2.09. The normalized spacial score (nSPS) is 12.6. The van der Waals surface area contributed by atoms with E-state index in [1.54, 1.807) is 6.20 Å². The van der Waals surface area contributed by atoms with Crippen LogP contribution in [0.4, 0.5) is 0 Å². The highest BCUT2D eigenvalue weighted by Crippen LogP contribution is 2.20. The average Bonchev–Trinajstić information content (AvgIpc) is 2.83. The quantitative estimate of drug-likeness (QED) is 0.849. The zero-order chi connectivity index (χ0) is 11.4. The van der Waals surface area contributed by atoms with Crippen molar-refractivity contribution in [1.29, 1.82) is 0 Å². The summed E-state index contributed by atoms with van der Waals surface area (Å²) in [5, 5.41) is 7.70. The molecular formula is C13H17N3. The van der Waals surface area contributed by atoms with E-state index in [0.29, 0.717) is 6.04 Å². The van der Waals surface area contributed by atoms with Crippen molar-refractivity contribution < 1.29 is 0 Å². The molecule has 0 radical (unpaired) electrons. The first-order valence-corrected chi connectivity index (χ1v) is 5.65. The number of rotatable bonds is 4. The molecule has 1 aromatic carbocycles. The molecule has 1 unspecified atom stereocenters. The molecule has 1 atom stereocenters. The van der Waals surface area contributed by atoms with Crippen molar-refractivity contribution in [2.24, 2.45) is 0 Å². The lowest BCUT2D eigenvalue weighted by Crippen LogP contribution is -2.19. The van der Waals surface area contributed by atoms with Crippen LogP contribution in [-0.4, -0.2) is 16.3 Å². The fourth-order valence-corrected chi connectivity index (χ4v) is 1.89. The summed E-state index contributed by atoms with van der Waals surface area (Å²) in [7, 11) is 0. The molecule has 0 saturated carbocycles. The highest BCUT2D eigenvalue weighted by atomic mass is 15.3. The molecule has 0 aliphatic carbocycles. The van der Waals surface area contributed by atoms with Crippen molar-refractivity contribution in [2.45, 2.75) is 19.9 Å². The van der Waals surface area contributed by atoms with Gasteiger partial charge in [0.1, 0.15) is 0 Å². The standard InChI is InChI=1S/C13H17N3/c1-3-14-11(2)12-7-4-5-8-13(12)16-10-6-9-15-16/h4-11,14H,3H2,1-2H3. The van der Waals surface area contributed by atoms with Crippen LogP contribution in [0.25, 0.3) is 5.69 Å². The van der Waals surface area contributed by atoms with E-state index in [2.05, 4.69) is 42.5 Å². The number of nitrogens with zero attached hydrogens (tertiary/aromatic N) is 2. The van der Waals surface area contributed by atoms with Crippen LogP contribution in [0.5, 0.6) is 0 Å². The van der Waals surface area contributed by atoms with Gasteiger partial charge in [0.2, 0.25) is 0 Å². The Bertz CT molecular complexity index is 434. The van der Waals surface area contributed by atoms with Crippen molar-refractivity contribution >= 4 is 0 Å². The lowest BCUT2D eigenvalue weighted by Gasteiger charge is -2.16. The van der Waals surface area contributed by atoms with Crippen molar-refractivity contribution in [2.75, 3.05) is 6.54 Å². The smallest absolute Gasteiger partial charge is 0.0693 e. The molecule has 1 aromatic heterocycles. The summed E-state index contributed by atoms with van der Waals surface area (Å²) in [6.07, 6.45) is 3.77. The number of benzene rings is 1. The second-order valence-corrected chi connectivity index (χ2v) is 3.79. The van der Waals surface area contributed by atoms with Gasteiger partial charge in [-0.25, -0.2) is 4.68 Å². The van der Waals surface area contributed by atoms with E-state index in [4.69, 9.17) is 0 Å². The zero-order valence-electron chi connectivity index (χ0n) is 9.72. The van der Waals surface area contributed by atoms with Gasteiger partial charge in [0, 0.05) is 18.4 Å². The maximum Gasteiger partial charge on any atom is 0.0693 e. The van der Waals surface area contributed by atoms with Crippen LogP contribution >= 0.6 is 0 Å². The largest absolute Gasteiger partial charge is 0.310 e. The molecule has 1 heterocycles. The number of hydrogen-bond acceptors (Lipinski definition) is 2. The molecule has 84 valence electrons. The van der Waals surface area contributed by atoms with E-state index >= 15 is 0 Å². The van der Waals surface area contributed by atoms with Crippen LogP contribution in [0, 0.1) is 0 Å². The molecule has 0 aliphatic heterocycles. The van der Waals surface area contributed by atoms with Crippen LogP contribution in [0.15, 0.2) is 42.7 Å². The van der Waals surface area contributed by atoms with Crippen LogP contribution in [0.3, 0.4) is 0 Å². The topological polar surface area (TPSA) is 29.9 Å². The van der Waals surface area contributed by atoms with Gasteiger partial charge in [-0.15, -0.1) is 0 Å². The Labute approximate surface area is 96.1 Å². The molecule has 0 fully saturated rings. The minimum absolute atomic E-state index is 0.338. The van der Waals surface area contributed by atoms with E-state index in [1.807, 2.05) is 23.0 Å². The van der Waals surface area contributed by atoms with Gasteiger partial charge in [0.25, 0.3) is 0 Å². The highest BCUT2D eigenvalue weighted by molar-refractivity contribution is 5.42. The van der Waals surface area contributed by atoms with Gasteiger partial charge in [-0.3, -0.25) is 0 Å². The lowest BCUT2D eigenvalue weighted by molar-refractivity contribution is 0.593. The number of para-hydroxylation sites is 1. The third-order valence-electron chi connectivity index (χ3n) is 2.66. The molecule has 0 amide bonds. The number of aromatic nitrogens is 2. The second-order valence-electron chi connectivity index (χ2n) is 3.79. The maximum atomic E-state index is 4.28. The lowest BCUT2D eigenvalue weighted by atomic mass is 10.1. The Morgan fingerprint density at radius 1 is 1.31 bits per heavy atom. The summed E-state index contributed by atoms with van der Waals surface area (Å²) in [5.41, 5.74) is 2.41. The van der Waals surface area contributed by atoms with Crippen LogP contribution < -0.4 is 5.32 Å². The van der Waals surface area contributed by atoms with Crippen molar-refractivity contribution in [1.82, 2.24) is 15.1 Å². The summed E-state index contributed by atoms with van der Waals surface area (Å²) in [6, 6.07) is 10.6. The predicted molar refractivity (Wildman–Crippen MR) is 65.7 cm³/mol. The van der Waals surface area contributed by atoms with Gasteiger partial charge in [-0.2, -0.15) is 5.10 Å². The molecular weight excluding hydrogens is 198 g/mol. The fourth-order valence-electron chi connectivity index (χ4n) is 1.89. The Balaban J connectivity index is 2.38. The van der Waals surface area contributed by atoms with E-state index in [1.165, 1.54) is 5.56 Å². The van der Waals surface area contributed by atoms with E-state index in [9.17, 15) is 0 Å². The summed E-state index contributed by atoms with van der Waals surface area (Å²) in [5.74, 6) is 0. The van der Waals surface area contributed by atoms with Crippen LogP contribution in [0.1, 0.15) is 25.5 Å². The Hall–Kier alpha value is -1.61. The molecule has 1 N–H and O–H groups in total. The Morgan fingerprint density at radius 3 is 2.81 bits per heavy atom. The van der Waals surface area contributed by atoms with Crippen molar-refractivity contribution in [3.63, 3.8) is 0 Å². The summed E-state index contributed by atoms with van der Waals surface area (Å²) in [6.45, 7) is 5.26. The molecule has 3 heteroatoms. The van der Waals surface area contributed by atoms with Crippen molar-refractivity contribution in [3.8, 4) is 5.69 Å². The monoisotopic (exact) mass is 215 g/mol. The molecule has 3 nitrogen and oxygen atoms in total. The minimum atomic E-state index is 0.338. The average molecular weight is 215 g/mol. The molecule has 0 aliphatic rings. The van der Waals surface area contributed by atoms with Gasteiger partial charge in [-0.05, 0) is 31.2 Å². The van der Waals surface area contributed by atoms with Gasteiger partial charge >= 0.3 is 0 Å². The SMILES string of the molecule is CCNC(C)c1ccccc1-n1cccn1. The van der Waals surface area contributed by atoms with Gasteiger partial charge < -0.3 is 5.32 Å². The van der Waals surface area contributed by atoms with Gasteiger partial charge in [0.15, 0.2) is 0 Å². The van der Waals surface area contributed by atoms with Crippen LogP contribution in [-0.2, 0) is 0 Å². The molecule has 0 saturated heterocycles. The zero-order valence-corrected chi connectivity index (χ0v) is 9.72. The molecule has 2 aromatic rings. The number of nitrogens with one attached hydrogen (secondary N) is 1. The van der Waals surface area contributed by atoms with E-state index in [-0.39, 0.29) is 0 Å². The molecule has 2 rings (SSSR count). The molecule has 0 bridgehead atoms. The van der Waals surface area contributed by atoms with Gasteiger partial charge in [0.05, 0.1) is 5.69 Å². The summed E-state index contributed by atoms with van der Waals surface area (Å²) in [4.78, 5) is 0. The maximum absolute atomic E-state index is 4.28. The Kier molecular flexibility index (Phi) is 3.37. The third kappa shape index (κ3) is 2.14. The number of hydrogen-bond donors (Lipinski definition) is 1. The first-order valence-electron chi connectivity index (χ1n) is 5.65. The van der Waals surface area contributed by atoms with Crippen LogP contribution in [0.2, 0.25) is 0 Å². The second kappa shape index (κ2) is 4.94. The fraction of sp³-hybridized carbons (Fsp3) is 0.308. The first-order chi connectivity index (χ1) is 7.83. The summed E-state index contributed by atoms with van der Waals surface area (Å²) < 4.78 is 1.91. The van der Waals surface area contributed by atoms with Gasteiger partial charge in [-0.1, -0.05) is 25.1 Å². The third-order valence-corrected chi connectivity index (χ3v) is 2.66. The summed E-state index contributed by atoms with van der Waals surface area (Å²) >= 11 is 0. The molecule has 0 spiro atoms. The van der Waals surface area contributed by atoms with Crippen molar-refractivity contribution in [3.05, 3.63) is 48.3 Å². The predicted octanol–water partition coefficient (Wildman–Crippen LogP) is 2.54.